The lowest BCUT2D eigenvalue weighted by molar-refractivity contribution is -0.113. The molecule has 2 aliphatic rings. The van der Waals surface area contributed by atoms with E-state index >= 15 is 0 Å². The van der Waals surface area contributed by atoms with E-state index in [0.717, 1.165) is 48.8 Å². The van der Waals surface area contributed by atoms with Gasteiger partial charge in [-0.1, -0.05) is 30.3 Å². The first kappa shape index (κ1) is 20.5. The molecular weight excluding hydrogens is 396 g/mol. The van der Waals surface area contributed by atoms with Crippen molar-refractivity contribution < 1.29 is 14.3 Å². The first-order valence-corrected chi connectivity index (χ1v) is 11.0. The molecular formula is C24H26N2O3S. The Labute approximate surface area is 181 Å². The number of likely N-dealkylation sites (tertiary alicyclic amines) is 1. The SMILES string of the molecule is COc1ccc(C=C2SC(N3CCC(Cc4ccccc4)CC3)=NC2=O)c(OC)c1. The average Bonchev–Trinajstić information content (AvgIpc) is 3.15. The number of hydrogen-bond acceptors (Lipinski definition) is 5. The van der Waals surface area contributed by atoms with Crippen molar-refractivity contribution in [1.82, 2.24) is 4.90 Å². The van der Waals surface area contributed by atoms with Crippen LogP contribution in [-0.4, -0.2) is 43.3 Å². The zero-order valence-corrected chi connectivity index (χ0v) is 18.2. The molecule has 1 fully saturated rings. The minimum Gasteiger partial charge on any atom is -0.497 e. The molecule has 0 N–H and O–H groups in total. The van der Waals surface area contributed by atoms with Crippen LogP contribution in [0.15, 0.2) is 58.4 Å². The van der Waals surface area contributed by atoms with Gasteiger partial charge in [-0.05, 0) is 60.7 Å². The minimum absolute atomic E-state index is 0.181. The molecule has 0 atom stereocenters. The molecule has 2 aromatic rings. The largest absolute Gasteiger partial charge is 0.497 e. The van der Waals surface area contributed by atoms with E-state index in [0.29, 0.717) is 16.6 Å². The number of nitrogens with zero attached hydrogens (tertiary/aromatic N) is 2. The van der Waals surface area contributed by atoms with Gasteiger partial charge in [-0.15, -0.1) is 0 Å². The molecule has 4 rings (SSSR count). The summed E-state index contributed by atoms with van der Waals surface area (Å²) in [7, 11) is 3.23. The topological polar surface area (TPSA) is 51.1 Å². The van der Waals surface area contributed by atoms with Gasteiger partial charge in [-0.3, -0.25) is 4.79 Å². The maximum absolute atomic E-state index is 12.5. The Morgan fingerprint density at radius 2 is 1.87 bits per heavy atom. The monoisotopic (exact) mass is 422 g/mol. The highest BCUT2D eigenvalue weighted by atomic mass is 32.2. The van der Waals surface area contributed by atoms with Gasteiger partial charge in [0.2, 0.25) is 0 Å². The van der Waals surface area contributed by atoms with Crippen LogP contribution in [0.5, 0.6) is 11.5 Å². The van der Waals surface area contributed by atoms with Gasteiger partial charge in [0, 0.05) is 24.7 Å². The maximum Gasteiger partial charge on any atom is 0.286 e. The number of amides is 1. The van der Waals surface area contributed by atoms with Gasteiger partial charge in [0.15, 0.2) is 5.17 Å². The Hall–Kier alpha value is -2.73. The summed E-state index contributed by atoms with van der Waals surface area (Å²) >= 11 is 1.46. The van der Waals surface area contributed by atoms with Crippen LogP contribution in [0.1, 0.15) is 24.0 Å². The molecule has 5 nitrogen and oxygen atoms in total. The quantitative estimate of drug-likeness (QED) is 0.658. The van der Waals surface area contributed by atoms with Gasteiger partial charge in [0.1, 0.15) is 11.5 Å². The predicted octanol–water partition coefficient (Wildman–Crippen LogP) is 4.63. The van der Waals surface area contributed by atoms with Crippen LogP contribution in [0.25, 0.3) is 6.08 Å². The minimum atomic E-state index is -0.181. The summed E-state index contributed by atoms with van der Waals surface area (Å²) < 4.78 is 10.7. The highest BCUT2D eigenvalue weighted by molar-refractivity contribution is 8.18. The number of thioether (sulfide) groups is 1. The Bertz CT molecular complexity index is 964. The molecule has 156 valence electrons. The normalized spacial score (nSPS) is 18.6. The number of benzene rings is 2. The molecule has 0 saturated carbocycles. The molecule has 2 aliphatic heterocycles. The summed E-state index contributed by atoms with van der Waals surface area (Å²) in [6.45, 7) is 1.88. The number of piperidine rings is 1. The van der Waals surface area contributed by atoms with Crippen LogP contribution in [0.2, 0.25) is 0 Å². The number of carbonyl (C=O) groups is 1. The van der Waals surface area contributed by atoms with Crippen molar-refractivity contribution >= 4 is 28.9 Å². The van der Waals surface area contributed by atoms with E-state index in [1.54, 1.807) is 14.2 Å². The zero-order valence-electron chi connectivity index (χ0n) is 17.3. The molecule has 0 spiro atoms. The average molecular weight is 423 g/mol. The number of amidine groups is 1. The highest BCUT2D eigenvalue weighted by Gasteiger charge is 2.29. The van der Waals surface area contributed by atoms with Gasteiger partial charge >= 0.3 is 0 Å². The van der Waals surface area contributed by atoms with Crippen molar-refractivity contribution in [2.45, 2.75) is 19.3 Å². The van der Waals surface area contributed by atoms with E-state index < -0.39 is 0 Å². The second-order valence-electron chi connectivity index (χ2n) is 7.54. The molecule has 2 heterocycles. The number of methoxy groups -OCH3 is 2. The van der Waals surface area contributed by atoms with E-state index in [1.165, 1.54) is 17.3 Å². The van der Waals surface area contributed by atoms with Crippen molar-refractivity contribution in [3.8, 4) is 11.5 Å². The molecule has 30 heavy (non-hydrogen) atoms. The van der Waals surface area contributed by atoms with E-state index in [4.69, 9.17) is 9.47 Å². The number of ether oxygens (including phenoxy) is 2. The van der Waals surface area contributed by atoms with Gasteiger partial charge in [-0.25, -0.2) is 0 Å². The summed E-state index contributed by atoms with van der Waals surface area (Å²) in [5.74, 6) is 1.89. The molecule has 1 saturated heterocycles. The molecule has 0 aliphatic carbocycles. The molecule has 1 amide bonds. The number of aliphatic imine (C=N–C) groups is 1. The van der Waals surface area contributed by atoms with E-state index in [2.05, 4.69) is 40.2 Å². The molecule has 0 aromatic heterocycles. The molecule has 0 unspecified atom stereocenters. The standard InChI is InChI=1S/C24H26N2O3S/c1-28-20-9-8-19(21(16-20)29-2)15-22-23(27)25-24(30-22)26-12-10-18(11-13-26)14-17-6-4-3-5-7-17/h3-9,15-16,18H,10-14H2,1-2H3. The summed E-state index contributed by atoms with van der Waals surface area (Å²) in [4.78, 5) is 19.7. The van der Waals surface area contributed by atoms with Gasteiger partial charge in [0.05, 0.1) is 19.1 Å². The smallest absolute Gasteiger partial charge is 0.286 e. The van der Waals surface area contributed by atoms with Crippen LogP contribution in [0, 0.1) is 5.92 Å². The van der Waals surface area contributed by atoms with Crippen LogP contribution < -0.4 is 9.47 Å². The molecule has 0 bridgehead atoms. The first-order chi connectivity index (χ1) is 14.7. The van der Waals surface area contributed by atoms with E-state index in [-0.39, 0.29) is 5.91 Å². The maximum atomic E-state index is 12.5. The lowest BCUT2D eigenvalue weighted by Gasteiger charge is -2.32. The Kier molecular flexibility index (Phi) is 6.43. The van der Waals surface area contributed by atoms with Gasteiger partial charge in [-0.2, -0.15) is 4.99 Å². The third-order valence-corrected chi connectivity index (χ3v) is 6.63. The zero-order chi connectivity index (χ0) is 20.9. The molecule has 0 radical (unpaired) electrons. The van der Waals surface area contributed by atoms with Gasteiger partial charge < -0.3 is 14.4 Å². The fraction of sp³-hybridized carbons (Fsp3) is 0.333. The van der Waals surface area contributed by atoms with Crippen LogP contribution in [0.4, 0.5) is 0 Å². The van der Waals surface area contributed by atoms with E-state index in [1.807, 2.05) is 24.3 Å². The Morgan fingerprint density at radius 1 is 1.10 bits per heavy atom. The van der Waals surface area contributed by atoms with Crippen molar-refractivity contribution in [1.29, 1.82) is 0 Å². The van der Waals surface area contributed by atoms with Crippen molar-refractivity contribution in [3.63, 3.8) is 0 Å². The third kappa shape index (κ3) is 4.70. The fourth-order valence-corrected chi connectivity index (χ4v) is 4.84. The van der Waals surface area contributed by atoms with Crippen molar-refractivity contribution in [2.75, 3.05) is 27.3 Å². The lowest BCUT2D eigenvalue weighted by atomic mass is 9.90. The third-order valence-electron chi connectivity index (χ3n) is 5.59. The number of rotatable bonds is 5. The fourth-order valence-electron chi connectivity index (χ4n) is 3.89. The number of hydrogen-bond donors (Lipinski definition) is 0. The van der Waals surface area contributed by atoms with Crippen LogP contribution in [0.3, 0.4) is 0 Å². The summed E-state index contributed by atoms with van der Waals surface area (Å²) in [5, 5.41) is 0.817. The number of carbonyl (C=O) groups excluding carboxylic acids is 1. The lowest BCUT2D eigenvalue weighted by Crippen LogP contribution is -2.37. The molecule has 6 heteroatoms. The van der Waals surface area contributed by atoms with Gasteiger partial charge in [0.25, 0.3) is 5.91 Å². The summed E-state index contributed by atoms with van der Waals surface area (Å²) in [6, 6.07) is 16.2. The first-order valence-electron chi connectivity index (χ1n) is 10.2. The second-order valence-corrected chi connectivity index (χ2v) is 8.55. The van der Waals surface area contributed by atoms with Crippen LogP contribution in [-0.2, 0) is 11.2 Å². The molecule has 2 aromatic carbocycles. The Morgan fingerprint density at radius 3 is 2.57 bits per heavy atom. The second kappa shape index (κ2) is 9.39. The predicted molar refractivity (Wildman–Crippen MR) is 122 cm³/mol. The van der Waals surface area contributed by atoms with E-state index in [9.17, 15) is 4.79 Å². The van der Waals surface area contributed by atoms with Crippen LogP contribution >= 0.6 is 11.8 Å². The Balaban J connectivity index is 1.38. The summed E-state index contributed by atoms with van der Waals surface area (Å²) in [5.41, 5.74) is 2.24. The highest BCUT2D eigenvalue weighted by Crippen LogP contribution is 2.35. The summed E-state index contributed by atoms with van der Waals surface area (Å²) in [6.07, 6.45) is 5.21. The van der Waals surface area contributed by atoms with Crippen molar-refractivity contribution in [2.24, 2.45) is 10.9 Å². The van der Waals surface area contributed by atoms with Crippen molar-refractivity contribution in [3.05, 3.63) is 64.6 Å².